The SMILES string of the molecule is Cc1c(-c2cc(O[C@H](C)c3nncn3CC(F)(F)F)n3c(C#N)cnc3c2)nnn1C1CCN(C(=O)OC(C)(C)C)CC1. The third-order valence-corrected chi connectivity index (χ3v) is 7.01. The number of amides is 1. The highest BCUT2D eigenvalue weighted by molar-refractivity contribution is 5.69. The molecule has 0 spiro atoms. The average molecular weight is 601 g/mol. The first-order chi connectivity index (χ1) is 20.2. The fourth-order valence-corrected chi connectivity index (χ4v) is 5.08. The lowest BCUT2D eigenvalue weighted by atomic mass is 10.0. The summed E-state index contributed by atoms with van der Waals surface area (Å²) in [5, 5.41) is 25.9. The Morgan fingerprint density at radius 3 is 2.56 bits per heavy atom. The van der Waals surface area contributed by atoms with Gasteiger partial charge in [-0.2, -0.15) is 18.4 Å². The second-order valence-corrected chi connectivity index (χ2v) is 11.4. The molecule has 0 N–H and O–H groups in total. The smallest absolute Gasteiger partial charge is 0.410 e. The number of nitriles is 1. The van der Waals surface area contributed by atoms with Crippen molar-refractivity contribution in [3.05, 3.63) is 41.9 Å². The minimum Gasteiger partial charge on any atom is -0.467 e. The average Bonchev–Trinajstić information content (AvgIpc) is 3.65. The summed E-state index contributed by atoms with van der Waals surface area (Å²) in [4.78, 5) is 18.5. The topological polar surface area (TPSA) is 141 Å². The molecule has 0 aliphatic carbocycles. The molecule has 1 aliphatic rings. The van der Waals surface area contributed by atoms with Gasteiger partial charge in [-0.05, 0) is 53.5 Å². The summed E-state index contributed by atoms with van der Waals surface area (Å²) < 4.78 is 55.0. The van der Waals surface area contributed by atoms with Crippen molar-refractivity contribution in [3.8, 4) is 23.2 Å². The van der Waals surface area contributed by atoms with Gasteiger partial charge < -0.3 is 18.9 Å². The Labute approximate surface area is 244 Å². The van der Waals surface area contributed by atoms with Crippen LogP contribution in [0.25, 0.3) is 16.9 Å². The zero-order valence-electron chi connectivity index (χ0n) is 24.3. The van der Waals surface area contributed by atoms with Crippen LogP contribution in [0.1, 0.15) is 69.9 Å². The molecular formula is C27H31F3N10O3. The Balaban J connectivity index is 1.41. The summed E-state index contributed by atoms with van der Waals surface area (Å²) in [5.41, 5.74) is 1.91. The Kier molecular flexibility index (Phi) is 7.76. The number of aromatic nitrogens is 8. The number of pyridine rings is 1. The molecule has 0 unspecified atom stereocenters. The fraction of sp³-hybridized carbons (Fsp3) is 0.519. The van der Waals surface area contributed by atoms with E-state index >= 15 is 0 Å². The molecule has 0 radical (unpaired) electrons. The van der Waals surface area contributed by atoms with Crippen LogP contribution in [0.4, 0.5) is 18.0 Å². The first-order valence-electron chi connectivity index (χ1n) is 13.7. The van der Waals surface area contributed by atoms with Gasteiger partial charge in [-0.3, -0.25) is 4.40 Å². The number of fused-ring (bicyclic) bond motifs is 1. The first kappa shape index (κ1) is 29.8. The van der Waals surface area contributed by atoms with E-state index in [1.165, 1.54) is 10.6 Å². The van der Waals surface area contributed by atoms with Crippen LogP contribution in [0.5, 0.6) is 5.88 Å². The molecule has 5 rings (SSSR count). The second-order valence-electron chi connectivity index (χ2n) is 11.4. The van der Waals surface area contributed by atoms with E-state index in [-0.39, 0.29) is 29.5 Å². The van der Waals surface area contributed by atoms with Crippen molar-refractivity contribution in [2.75, 3.05) is 13.1 Å². The summed E-state index contributed by atoms with van der Waals surface area (Å²) >= 11 is 0. The zero-order chi connectivity index (χ0) is 31.1. The van der Waals surface area contributed by atoms with Gasteiger partial charge in [0.15, 0.2) is 11.9 Å². The lowest BCUT2D eigenvalue weighted by molar-refractivity contribution is -0.141. The van der Waals surface area contributed by atoms with Gasteiger partial charge in [0.25, 0.3) is 0 Å². The van der Waals surface area contributed by atoms with Gasteiger partial charge in [-0.25, -0.2) is 14.5 Å². The minimum absolute atomic E-state index is 0.0102. The van der Waals surface area contributed by atoms with Gasteiger partial charge in [0.05, 0.1) is 17.9 Å². The summed E-state index contributed by atoms with van der Waals surface area (Å²) in [6.45, 7) is 8.68. The quantitative estimate of drug-likeness (QED) is 0.309. The van der Waals surface area contributed by atoms with Crippen LogP contribution in [0, 0.1) is 18.3 Å². The van der Waals surface area contributed by atoms with Crippen LogP contribution >= 0.6 is 0 Å². The van der Waals surface area contributed by atoms with E-state index in [4.69, 9.17) is 9.47 Å². The fourth-order valence-electron chi connectivity index (χ4n) is 5.08. The molecule has 1 atom stereocenters. The molecule has 4 aromatic rings. The number of likely N-dealkylation sites (tertiary alicyclic amines) is 1. The lowest BCUT2D eigenvalue weighted by Crippen LogP contribution is -2.42. The number of hydrogen-bond acceptors (Lipinski definition) is 9. The third-order valence-electron chi connectivity index (χ3n) is 7.01. The van der Waals surface area contributed by atoms with Gasteiger partial charge >= 0.3 is 12.3 Å². The number of alkyl halides is 3. The number of halogens is 3. The molecule has 228 valence electrons. The van der Waals surface area contributed by atoms with Crippen molar-refractivity contribution in [1.29, 1.82) is 5.26 Å². The van der Waals surface area contributed by atoms with E-state index in [1.54, 1.807) is 24.0 Å². The summed E-state index contributed by atoms with van der Waals surface area (Å²) in [5.74, 6) is 0.129. The molecule has 1 aliphatic heterocycles. The maximum atomic E-state index is 13.1. The van der Waals surface area contributed by atoms with Gasteiger partial charge in [0, 0.05) is 24.7 Å². The van der Waals surface area contributed by atoms with E-state index in [0.29, 0.717) is 42.8 Å². The van der Waals surface area contributed by atoms with Gasteiger partial charge in [-0.1, -0.05) is 5.21 Å². The van der Waals surface area contributed by atoms with E-state index in [9.17, 15) is 23.2 Å². The molecule has 43 heavy (non-hydrogen) atoms. The molecule has 1 saturated heterocycles. The predicted octanol–water partition coefficient (Wildman–Crippen LogP) is 4.64. The molecule has 13 nitrogen and oxygen atoms in total. The lowest BCUT2D eigenvalue weighted by Gasteiger charge is -2.33. The summed E-state index contributed by atoms with van der Waals surface area (Å²) in [7, 11) is 0. The molecule has 4 aromatic heterocycles. The number of carbonyl (C=O) groups is 1. The standard InChI is InChI=1S/C27H31F3N10O3/c1-16-23(34-36-40(16)19-6-8-37(9-7-19)25(41)43-26(3,4)5)18-10-21-32-13-20(12-31)39(21)22(11-18)42-17(2)24-35-33-15-38(24)14-27(28,29)30/h10-11,13,15,17,19H,6-9,14H2,1-5H3/t17-/m1/s1. The van der Waals surface area contributed by atoms with Gasteiger partial charge in [0.2, 0.25) is 5.88 Å². The normalized spacial score (nSPS) is 15.5. The van der Waals surface area contributed by atoms with Crippen LogP contribution in [0.15, 0.2) is 24.7 Å². The maximum Gasteiger partial charge on any atom is 0.410 e. The van der Waals surface area contributed by atoms with Gasteiger partial charge in [0.1, 0.15) is 41.6 Å². The van der Waals surface area contributed by atoms with Crippen LogP contribution in [-0.4, -0.2) is 75.0 Å². The highest BCUT2D eigenvalue weighted by Crippen LogP contribution is 2.33. The number of rotatable bonds is 6. The number of carbonyl (C=O) groups excluding carboxylic acids is 1. The number of nitrogens with zero attached hydrogens (tertiary/aromatic N) is 10. The maximum absolute atomic E-state index is 13.1. The van der Waals surface area contributed by atoms with E-state index in [0.717, 1.165) is 16.6 Å². The number of hydrogen-bond donors (Lipinski definition) is 0. The first-order valence-corrected chi connectivity index (χ1v) is 13.7. The number of piperidine rings is 1. The zero-order valence-corrected chi connectivity index (χ0v) is 24.3. The summed E-state index contributed by atoms with van der Waals surface area (Å²) in [6, 6.07) is 5.44. The molecule has 0 saturated carbocycles. The molecule has 1 fully saturated rings. The van der Waals surface area contributed by atoms with Crippen molar-refractivity contribution >= 4 is 11.7 Å². The Bertz CT molecular complexity index is 1670. The largest absolute Gasteiger partial charge is 0.467 e. The predicted molar refractivity (Wildman–Crippen MR) is 145 cm³/mol. The highest BCUT2D eigenvalue weighted by atomic mass is 19.4. The molecular weight excluding hydrogens is 569 g/mol. The summed E-state index contributed by atoms with van der Waals surface area (Å²) in [6.07, 6.45) is -2.07. The van der Waals surface area contributed by atoms with Crippen molar-refractivity contribution < 1.29 is 27.4 Å². The Hall–Kier alpha value is -4.68. The van der Waals surface area contributed by atoms with Crippen molar-refractivity contribution in [3.63, 3.8) is 0 Å². The van der Waals surface area contributed by atoms with Crippen LogP contribution in [-0.2, 0) is 11.3 Å². The number of imidazole rings is 1. The monoisotopic (exact) mass is 600 g/mol. The Morgan fingerprint density at radius 1 is 1.19 bits per heavy atom. The second kappa shape index (κ2) is 11.2. The number of ether oxygens (including phenoxy) is 2. The van der Waals surface area contributed by atoms with Crippen molar-refractivity contribution in [2.24, 2.45) is 0 Å². The molecule has 1 amide bonds. The van der Waals surface area contributed by atoms with E-state index in [2.05, 4.69) is 31.6 Å². The van der Waals surface area contributed by atoms with E-state index in [1.807, 2.05) is 32.4 Å². The van der Waals surface area contributed by atoms with Gasteiger partial charge in [-0.15, -0.1) is 15.3 Å². The molecule has 16 heteroatoms. The third kappa shape index (κ3) is 6.40. The van der Waals surface area contributed by atoms with Crippen LogP contribution < -0.4 is 4.74 Å². The Morgan fingerprint density at radius 2 is 1.91 bits per heavy atom. The molecule has 5 heterocycles. The van der Waals surface area contributed by atoms with Crippen molar-refractivity contribution in [2.45, 2.75) is 77.9 Å². The van der Waals surface area contributed by atoms with E-state index < -0.39 is 24.4 Å². The molecule has 0 bridgehead atoms. The van der Waals surface area contributed by atoms with Crippen LogP contribution in [0.2, 0.25) is 0 Å². The molecule has 0 aromatic carbocycles. The van der Waals surface area contributed by atoms with Crippen molar-refractivity contribution in [1.82, 2.24) is 44.0 Å². The minimum atomic E-state index is -4.47. The highest BCUT2D eigenvalue weighted by Gasteiger charge is 2.32. The van der Waals surface area contributed by atoms with Crippen LogP contribution in [0.3, 0.4) is 0 Å².